The fraction of sp³-hybridized carbons (Fsp3) is 0.375. The third kappa shape index (κ3) is 2.38. The van der Waals surface area contributed by atoms with E-state index in [1.54, 1.807) is 0 Å². The van der Waals surface area contributed by atoms with Crippen molar-refractivity contribution in [1.29, 1.82) is 0 Å². The topological polar surface area (TPSA) is 56.0 Å². The lowest BCUT2D eigenvalue weighted by atomic mass is 10.1. The van der Waals surface area contributed by atoms with Gasteiger partial charge in [-0.3, -0.25) is 10.1 Å². The molecule has 1 aromatic heterocycles. The molecule has 0 fully saturated rings. The van der Waals surface area contributed by atoms with E-state index in [2.05, 4.69) is 4.98 Å². The Balaban J connectivity index is 3.42. The van der Waals surface area contributed by atoms with Gasteiger partial charge in [0.2, 0.25) is 0 Å². The van der Waals surface area contributed by atoms with Gasteiger partial charge in [0, 0.05) is 0 Å². The summed E-state index contributed by atoms with van der Waals surface area (Å²) in [6.07, 6.45) is -2.91. The second kappa shape index (κ2) is 4.48. The minimum Gasteiger partial charge on any atom is -0.258 e. The van der Waals surface area contributed by atoms with Crippen LogP contribution >= 0.6 is 11.6 Å². The molecule has 1 aromatic rings. The smallest absolute Gasteiger partial charge is 0.258 e. The number of hydrogen-bond acceptors (Lipinski definition) is 3. The van der Waals surface area contributed by atoms with Crippen molar-refractivity contribution in [2.24, 2.45) is 0 Å². The lowest BCUT2D eigenvalue weighted by Crippen LogP contribution is -2.03. The van der Waals surface area contributed by atoms with Gasteiger partial charge in [0.05, 0.1) is 22.1 Å². The number of nitro groups is 1. The molecule has 0 aliphatic rings. The third-order valence-electron chi connectivity index (χ3n) is 1.80. The van der Waals surface area contributed by atoms with Crippen LogP contribution in [0.3, 0.4) is 0 Å². The van der Waals surface area contributed by atoms with Crippen molar-refractivity contribution < 1.29 is 13.7 Å². The van der Waals surface area contributed by atoms with Crippen molar-refractivity contribution >= 4 is 17.3 Å². The van der Waals surface area contributed by atoms with Gasteiger partial charge >= 0.3 is 0 Å². The molecule has 15 heavy (non-hydrogen) atoms. The Morgan fingerprint density at radius 2 is 2.27 bits per heavy atom. The molecule has 0 aromatic carbocycles. The molecule has 0 N–H and O–H groups in total. The molecule has 7 heteroatoms. The number of nitrogens with zero attached hydrogens (tertiary/aromatic N) is 2. The van der Waals surface area contributed by atoms with E-state index < -0.39 is 22.6 Å². The van der Waals surface area contributed by atoms with E-state index >= 15 is 0 Å². The summed E-state index contributed by atoms with van der Waals surface area (Å²) < 4.78 is 25.0. The van der Waals surface area contributed by atoms with Gasteiger partial charge in [0.25, 0.3) is 12.1 Å². The monoisotopic (exact) mass is 236 g/mol. The largest absolute Gasteiger partial charge is 0.299 e. The lowest BCUT2D eigenvalue weighted by Gasteiger charge is -2.05. The van der Waals surface area contributed by atoms with Gasteiger partial charge in [-0.05, 0) is 13.0 Å². The van der Waals surface area contributed by atoms with E-state index in [4.69, 9.17) is 11.6 Å². The molecule has 0 bridgehead atoms. The van der Waals surface area contributed by atoms with Gasteiger partial charge in [-0.1, -0.05) is 0 Å². The summed E-state index contributed by atoms with van der Waals surface area (Å²) in [6.45, 7) is 1.31. The maximum atomic E-state index is 12.5. The zero-order valence-corrected chi connectivity index (χ0v) is 8.46. The normalized spacial score (nSPS) is 10.7. The minimum absolute atomic E-state index is 0.0477. The maximum Gasteiger partial charge on any atom is 0.299 e. The molecule has 0 saturated heterocycles. The Morgan fingerprint density at radius 1 is 1.67 bits per heavy atom. The summed E-state index contributed by atoms with van der Waals surface area (Å²) in [5.41, 5.74) is -1.12. The number of hydrogen-bond donors (Lipinski definition) is 0. The SMILES string of the molecule is Cc1nc(CCl)cc(C(F)F)c1[N+](=O)[O-]. The van der Waals surface area contributed by atoms with E-state index in [1.807, 2.05) is 0 Å². The third-order valence-corrected chi connectivity index (χ3v) is 2.08. The molecule has 0 unspecified atom stereocenters. The highest BCUT2D eigenvalue weighted by molar-refractivity contribution is 6.16. The van der Waals surface area contributed by atoms with Crippen molar-refractivity contribution in [2.75, 3.05) is 0 Å². The van der Waals surface area contributed by atoms with Gasteiger partial charge in [-0.15, -0.1) is 11.6 Å². The average Bonchev–Trinajstić information content (AvgIpc) is 2.15. The Labute approximate surface area is 89.0 Å². The molecule has 0 atom stereocenters. The van der Waals surface area contributed by atoms with Gasteiger partial charge in [0.1, 0.15) is 5.69 Å². The fourth-order valence-electron chi connectivity index (χ4n) is 1.23. The van der Waals surface area contributed by atoms with Gasteiger partial charge in [-0.25, -0.2) is 13.8 Å². The van der Waals surface area contributed by atoms with Crippen LogP contribution in [0.1, 0.15) is 23.4 Å². The Kier molecular flexibility index (Phi) is 3.52. The first-order valence-corrected chi connectivity index (χ1v) is 4.49. The highest BCUT2D eigenvalue weighted by Crippen LogP contribution is 2.31. The van der Waals surface area contributed by atoms with E-state index in [0.717, 1.165) is 6.07 Å². The minimum atomic E-state index is -2.91. The first-order chi connectivity index (χ1) is 6.97. The number of alkyl halides is 3. The Morgan fingerprint density at radius 3 is 2.67 bits per heavy atom. The van der Waals surface area contributed by atoms with Crippen LogP contribution in [0.5, 0.6) is 0 Å². The summed E-state index contributed by atoms with van der Waals surface area (Å²) in [5.74, 6) is -0.0570. The van der Waals surface area contributed by atoms with Crippen LogP contribution in [0.2, 0.25) is 0 Å². The molecular formula is C8H7ClF2N2O2. The molecule has 0 spiro atoms. The van der Waals surface area contributed by atoms with Crippen molar-refractivity contribution in [2.45, 2.75) is 19.2 Å². The second-order valence-corrected chi connectivity index (χ2v) is 3.10. The van der Waals surface area contributed by atoms with Crippen LogP contribution in [0.25, 0.3) is 0 Å². The molecule has 0 amide bonds. The van der Waals surface area contributed by atoms with Crippen LogP contribution in [0.4, 0.5) is 14.5 Å². The quantitative estimate of drug-likeness (QED) is 0.461. The van der Waals surface area contributed by atoms with E-state index in [-0.39, 0.29) is 17.3 Å². The van der Waals surface area contributed by atoms with Crippen LogP contribution in [-0.2, 0) is 5.88 Å². The van der Waals surface area contributed by atoms with Gasteiger partial charge in [0.15, 0.2) is 0 Å². The number of aryl methyl sites for hydroxylation is 1. The van der Waals surface area contributed by atoms with E-state index in [1.165, 1.54) is 6.92 Å². The first kappa shape index (κ1) is 11.8. The molecule has 0 radical (unpaired) electrons. The van der Waals surface area contributed by atoms with Crippen molar-refractivity contribution in [1.82, 2.24) is 4.98 Å². The van der Waals surface area contributed by atoms with E-state index in [0.29, 0.717) is 0 Å². The number of halogens is 3. The molecule has 1 rings (SSSR count). The number of pyridine rings is 1. The summed E-state index contributed by atoms with van der Waals surface area (Å²) >= 11 is 5.43. The predicted molar refractivity (Wildman–Crippen MR) is 50.1 cm³/mol. The van der Waals surface area contributed by atoms with Gasteiger partial charge in [-0.2, -0.15) is 0 Å². The van der Waals surface area contributed by atoms with Crippen molar-refractivity contribution in [3.63, 3.8) is 0 Å². The highest BCUT2D eigenvalue weighted by atomic mass is 35.5. The summed E-state index contributed by atoms with van der Waals surface area (Å²) in [5, 5.41) is 10.5. The average molecular weight is 237 g/mol. The molecule has 4 nitrogen and oxygen atoms in total. The van der Waals surface area contributed by atoms with E-state index in [9.17, 15) is 18.9 Å². The molecular weight excluding hydrogens is 230 g/mol. The molecule has 82 valence electrons. The standard InChI is InChI=1S/C8H7ClF2N2O2/c1-4-7(13(14)15)6(8(10)11)2-5(3-9)12-4/h2,8H,3H2,1H3. The van der Waals surface area contributed by atoms with Gasteiger partial charge < -0.3 is 0 Å². The summed E-state index contributed by atoms with van der Waals surface area (Å²) in [4.78, 5) is 13.4. The van der Waals surface area contributed by atoms with Crippen LogP contribution in [0.15, 0.2) is 6.07 Å². The zero-order chi connectivity index (χ0) is 11.6. The highest BCUT2D eigenvalue weighted by Gasteiger charge is 2.25. The van der Waals surface area contributed by atoms with Crippen molar-refractivity contribution in [3.05, 3.63) is 33.1 Å². The van der Waals surface area contributed by atoms with Crippen LogP contribution in [-0.4, -0.2) is 9.91 Å². The lowest BCUT2D eigenvalue weighted by molar-refractivity contribution is -0.387. The Hall–Kier alpha value is -1.30. The fourth-order valence-corrected chi connectivity index (χ4v) is 1.37. The second-order valence-electron chi connectivity index (χ2n) is 2.83. The zero-order valence-electron chi connectivity index (χ0n) is 7.71. The maximum absolute atomic E-state index is 12.5. The first-order valence-electron chi connectivity index (χ1n) is 3.96. The van der Waals surface area contributed by atoms with Crippen LogP contribution in [0, 0.1) is 17.0 Å². The molecule has 0 aliphatic carbocycles. The summed E-state index contributed by atoms with van der Waals surface area (Å²) in [6, 6.07) is 0.961. The molecule has 0 aliphatic heterocycles. The number of rotatable bonds is 3. The predicted octanol–water partition coefficient (Wildman–Crippen LogP) is 2.97. The molecule has 1 heterocycles. The number of aromatic nitrogens is 1. The Bertz CT molecular complexity index is 398. The summed E-state index contributed by atoms with van der Waals surface area (Å²) in [7, 11) is 0. The van der Waals surface area contributed by atoms with Crippen LogP contribution < -0.4 is 0 Å². The molecule has 0 saturated carbocycles. The van der Waals surface area contributed by atoms with Crippen molar-refractivity contribution in [3.8, 4) is 0 Å².